The minimum atomic E-state index is -0.540. The van der Waals surface area contributed by atoms with E-state index in [0.29, 0.717) is 17.8 Å². The Morgan fingerprint density at radius 2 is 2.12 bits per heavy atom. The van der Waals surface area contributed by atoms with Gasteiger partial charge in [0.15, 0.2) is 5.58 Å². The number of fused-ring (bicyclic) bond motifs is 1. The van der Waals surface area contributed by atoms with Crippen molar-refractivity contribution in [1.82, 2.24) is 10.3 Å². The maximum absolute atomic E-state index is 14.0. The van der Waals surface area contributed by atoms with Crippen molar-refractivity contribution in [3.05, 3.63) is 53.8 Å². The van der Waals surface area contributed by atoms with Gasteiger partial charge in [0.25, 0.3) is 5.91 Å². The van der Waals surface area contributed by atoms with Gasteiger partial charge in [-0.3, -0.25) is 4.79 Å². The predicted molar refractivity (Wildman–Crippen MR) is 100.0 cm³/mol. The van der Waals surface area contributed by atoms with Gasteiger partial charge in [-0.1, -0.05) is 25.1 Å². The third-order valence-electron chi connectivity index (χ3n) is 4.13. The third kappa shape index (κ3) is 3.79. The molecule has 1 heterocycles. The van der Waals surface area contributed by atoms with Crippen LogP contribution in [0.25, 0.3) is 22.6 Å². The van der Waals surface area contributed by atoms with Gasteiger partial charge in [-0.25, -0.2) is 9.37 Å². The van der Waals surface area contributed by atoms with E-state index in [9.17, 15) is 9.18 Å². The van der Waals surface area contributed by atoms with E-state index in [1.807, 2.05) is 37.3 Å². The van der Waals surface area contributed by atoms with Crippen molar-refractivity contribution in [2.45, 2.75) is 25.8 Å². The monoisotopic (exact) mass is 353 g/mol. The van der Waals surface area contributed by atoms with Gasteiger partial charge < -0.3 is 14.7 Å². The molecule has 134 valence electrons. The van der Waals surface area contributed by atoms with Gasteiger partial charge in [0.2, 0.25) is 5.89 Å². The van der Waals surface area contributed by atoms with Gasteiger partial charge in [-0.15, -0.1) is 0 Å². The Morgan fingerprint density at radius 1 is 1.35 bits per heavy atom. The van der Waals surface area contributed by atoms with E-state index < -0.39 is 5.82 Å². The minimum absolute atomic E-state index is 0.0787. The standard InChI is InChI=1S/C20H20FN3O2/c1-3-15(9-10-22-2)23-19(25)16-11-14(21)12-17-18(16)24-20(26-17)13-7-5-4-6-8-13/h4-8,10-12,15H,3,9H2,1-2H3,(H,23,25). The van der Waals surface area contributed by atoms with Crippen LogP contribution in [0.3, 0.4) is 0 Å². The summed E-state index contributed by atoms with van der Waals surface area (Å²) in [6, 6.07) is 11.6. The molecule has 3 aromatic rings. The molecule has 0 spiro atoms. The van der Waals surface area contributed by atoms with Crippen LogP contribution in [0.4, 0.5) is 4.39 Å². The van der Waals surface area contributed by atoms with Crippen LogP contribution in [0.5, 0.6) is 0 Å². The Morgan fingerprint density at radius 3 is 2.81 bits per heavy atom. The summed E-state index contributed by atoms with van der Waals surface area (Å²) in [5.74, 6) is -0.564. The first-order valence-electron chi connectivity index (χ1n) is 8.49. The lowest BCUT2D eigenvalue weighted by molar-refractivity contribution is 0.0938. The lowest BCUT2D eigenvalue weighted by Crippen LogP contribution is -2.34. The fourth-order valence-corrected chi connectivity index (χ4v) is 2.70. The first-order chi connectivity index (χ1) is 12.6. The van der Waals surface area contributed by atoms with Crippen LogP contribution < -0.4 is 5.32 Å². The largest absolute Gasteiger partial charge is 0.436 e. The quantitative estimate of drug-likeness (QED) is 0.674. The summed E-state index contributed by atoms with van der Waals surface area (Å²) < 4.78 is 19.7. The lowest BCUT2D eigenvalue weighted by atomic mass is 10.1. The molecule has 0 saturated heterocycles. The number of aromatic nitrogens is 1. The summed E-state index contributed by atoms with van der Waals surface area (Å²) in [7, 11) is 1.69. The molecule has 1 amide bonds. The number of nitrogens with zero attached hydrogens (tertiary/aromatic N) is 2. The van der Waals surface area contributed by atoms with Crippen molar-refractivity contribution in [3.63, 3.8) is 0 Å². The van der Waals surface area contributed by atoms with Crippen LogP contribution in [0.1, 0.15) is 30.1 Å². The van der Waals surface area contributed by atoms with Gasteiger partial charge >= 0.3 is 0 Å². The smallest absolute Gasteiger partial charge is 0.253 e. The zero-order chi connectivity index (χ0) is 18.5. The van der Waals surface area contributed by atoms with Crippen LogP contribution >= 0.6 is 0 Å². The highest BCUT2D eigenvalue weighted by Crippen LogP contribution is 2.27. The van der Waals surface area contributed by atoms with Crippen molar-refractivity contribution in [1.29, 1.82) is 0 Å². The number of carbonyl (C=O) groups is 1. The Bertz CT molecular complexity index is 935. The fourth-order valence-electron chi connectivity index (χ4n) is 2.70. The Hall–Kier alpha value is -3.02. The SMILES string of the molecule is CCC(CC=NC)NC(=O)c1cc(F)cc2oc(-c3ccccc3)nc12. The first kappa shape index (κ1) is 17.8. The van der Waals surface area contributed by atoms with Crippen LogP contribution in [-0.2, 0) is 0 Å². The number of amides is 1. The van der Waals surface area contributed by atoms with Crippen LogP contribution in [0.15, 0.2) is 51.9 Å². The normalized spacial score (nSPS) is 12.6. The molecule has 0 aliphatic rings. The van der Waals surface area contributed by atoms with E-state index in [1.165, 1.54) is 12.1 Å². The fraction of sp³-hybridized carbons (Fsp3) is 0.250. The highest BCUT2D eigenvalue weighted by atomic mass is 19.1. The molecule has 0 bridgehead atoms. The lowest BCUT2D eigenvalue weighted by Gasteiger charge is -2.14. The average Bonchev–Trinajstić information content (AvgIpc) is 3.08. The molecular weight excluding hydrogens is 333 g/mol. The highest BCUT2D eigenvalue weighted by molar-refractivity contribution is 6.05. The highest BCUT2D eigenvalue weighted by Gasteiger charge is 2.20. The van der Waals surface area contributed by atoms with Crippen molar-refractivity contribution in [2.75, 3.05) is 7.05 Å². The molecule has 5 nitrogen and oxygen atoms in total. The minimum Gasteiger partial charge on any atom is -0.436 e. The Balaban J connectivity index is 1.97. The Labute approximate surface area is 151 Å². The number of carbonyl (C=O) groups excluding carboxylic acids is 1. The second kappa shape index (κ2) is 7.91. The van der Waals surface area contributed by atoms with Crippen LogP contribution in [0.2, 0.25) is 0 Å². The molecule has 0 radical (unpaired) electrons. The van der Waals surface area contributed by atoms with E-state index in [-0.39, 0.29) is 23.1 Å². The number of halogens is 1. The van der Waals surface area contributed by atoms with E-state index in [1.54, 1.807) is 13.3 Å². The summed E-state index contributed by atoms with van der Waals surface area (Å²) in [6.45, 7) is 1.97. The Kier molecular flexibility index (Phi) is 5.41. The van der Waals surface area contributed by atoms with Crippen molar-refractivity contribution < 1.29 is 13.6 Å². The average molecular weight is 353 g/mol. The predicted octanol–water partition coefficient (Wildman–Crippen LogP) is 4.23. The topological polar surface area (TPSA) is 67.5 Å². The zero-order valence-corrected chi connectivity index (χ0v) is 14.7. The van der Waals surface area contributed by atoms with Gasteiger partial charge in [0.1, 0.15) is 11.3 Å². The second-order valence-electron chi connectivity index (χ2n) is 5.94. The van der Waals surface area contributed by atoms with E-state index >= 15 is 0 Å². The van der Waals surface area contributed by atoms with E-state index in [4.69, 9.17) is 4.42 Å². The van der Waals surface area contributed by atoms with Crippen LogP contribution in [-0.4, -0.2) is 30.2 Å². The van der Waals surface area contributed by atoms with Gasteiger partial charge in [-0.2, -0.15) is 0 Å². The van der Waals surface area contributed by atoms with Gasteiger partial charge in [0.05, 0.1) is 5.56 Å². The summed E-state index contributed by atoms with van der Waals surface area (Å²) >= 11 is 0. The molecule has 0 fully saturated rings. The molecule has 0 aliphatic carbocycles. The first-order valence-corrected chi connectivity index (χ1v) is 8.49. The maximum atomic E-state index is 14.0. The molecule has 0 saturated carbocycles. The van der Waals surface area contributed by atoms with Crippen molar-refractivity contribution >= 4 is 23.2 Å². The molecule has 1 N–H and O–H groups in total. The molecule has 0 aliphatic heterocycles. The number of hydrogen-bond acceptors (Lipinski definition) is 4. The van der Waals surface area contributed by atoms with Crippen molar-refractivity contribution in [3.8, 4) is 11.5 Å². The molecule has 1 unspecified atom stereocenters. The second-order valence-corrected chi connectivity index (χ2v) is 5.94. The number of oxazole rings is 1. The zero-order valence-electron chi connectivity index (χ0n) is 14.7. The molecule has 2 aromatic carbocycles. The van der Waals surface area contributed by atoms with Crippen molar-refractivity contribution in [2.24, 2.45) is 4.99 Å². The number of nitrogens with one attached hydrogen (secondary N) is 1. The summed E-state index contributed by atoms with van der Waals surface area (Å²) in [6.07, 6.45) is 3.11. The molecule has 6 heteroatoms. The van der Waals surface area contributed by atoms with E-state index in [2.05, 4.69) is 15.3 Å². The maximum Gasteiger partial charge on any atom is 0.253 e. The number of aliphatic imine (C=N–C) groups is 1. The summed E-state index contributed by atoms with van der Waals surface area (Å²) in [5.41, 5.74) is 1.53. The molecule has 1 atom stereocenters. The molecular formula is C20H20FN3O2. The summed E-state index contributed by atoms with van der Waals surface area (Å²) in [5, 5.41) is 2.91. The van der Waals surface area contributed by atoms with Crippen LogP contribution in [0, 0.1) is 5.82 Å². The van der Waals surface area contributed by atoms with E-state index in [0.717, 1.165) is 12.0 Å². The molecule has 3 rings (SSSR count). The van der Waals surface area contributed by atoms with Gasteiger partial charge in [-0.05, 0) is 24.6 Å². The number of benzene rings is 2. The van der Waals surface area contributed by atoms with Gasteiger partial charge in [0, 0.05) is 37.4 Å². The third-order valence-corrected chi connectivity index (χ3v) is 4.13. The number of hydrogen-bond donors (Lipinski definition) is 1. The molecule has 26 heavy (non-hydrogen) atoms. The summed E-state index contributed by atoms with van der Waals surface area (Å²) in [4.78, 5) is 21.0. The number of rotatable bonds is 6. The molecule has 1 aromatic heterocycles.